The third kappa shape index (κ3) is 3.64. The van der Waals surface area contributed by atoms with Gasteiger partial charge in [-0.1, -0.05) is 6.07 Å². The van der Waals surface area contributed by atoms with E-state index in [1.807, 2.05) is 31.2 Å². The Balaban J connectivity index is 1.48. The molecule has 2 amide bonds. The molecule has 2 aliphatic heterocycles. The maximum atomic E-state index is 12.7. The van der Waals surface area contributed by atoms with Crippen molar-refractivity contribution in [3.05, 3.63) is 46.4 Å². The van der Waals surface area contributed by atoms with Crippen LogP contribution in [0.3, 0.4) is 0 Å². The first-order valence-electron chi connectivity index (χ1n) is 8.78. The van der Waals surface area contributed by atoms with Crippen LogP contribution in [-0.4, -0.2) is 31.6 Å². The third-order valence-corrected chi connectivity index (χ3v) is 5.37. The van der Waals surface area contributed by atoms with Gasteiger partial charge in [0, 0.05) is 29.2 Å². The zero-order valence-corrected chi connectivity index (χ0v) is 16.4. The van der Waals surface area contributed by atoms with Gasteiger partial charge >= 0.3 is 0 Å². The number of nitrogens with one attached hydrogen (secondary N) is 1. The third-order valence-electron chi connectivity index (χ3n) is 4.72. The van der Waals surface area contributed by atoms with Crippen LogP contribution >= 0.6 is 15.9 Å². The number of carbonyl (C=O) groups is 2. The highest BCUT2D eigenvalue weighted by Gasteiger charge is 2.35. The number of aryl methyl sites for hydroxylation is 1. The fourth-order valence-corrected chi connectivity index (χ4v) is 3.88. The Morgan fingerprint density at radius 1 is 1.15 bits per heavy atom. The summed E-state index contributed by atoms with van der Waals surface area (Å²) in [7, 11) is 0. The van der Waals surface area contributed by atoms with Gasteiger partial charge in [-0.15, -0.1) is 0 Å². The largest absolute Gasteiger partial charge is 0.486 e. The zero-order valence-electron chi connectivity index (χ0n) is 14.8. The molecule has 0 bridgehead atoms. The molecule has 140 valence electrons. The summed E-state index contributed by atoms with van der Waals surface area (Å²) >= 11 is 3.46. The number of hydrogen-bond acceptors (Lipinski definition) is 4. The van der Waals surface area contributed by atoms with Gasteiger partial charge in [-0.3, -0.25) is 9.59 Å². The lowest BCUT2D eigenvalue weighted by atomic mass is 10.1. The van der Waals surface area contributed by atoms with Gasteiger partial charge in [0.15, 0.2) is 11.5 Å². The summed E-state index contributed by atoms with van der Waals surface area (Å²) in [5, 5.41) is 2.91. The van der Waals surface area contributed by atoms with Gasteiger partial charge in [-0.2, -0.15) is 0 Å². The Bertz CT molecular complexity index is 915. The van der Waals surface area contributed by atoms with Crippen molar-refractivity contribution in [2.75, 3.05) is 30.0 Å². The molecule has 0 unspecified atom stereocenters. The topological polar surface area (TPSA) is 67.9 Å². The first-order chi connectivity index (χ1) is 13.0. The molecule has 1 atom stereocenters. The molecule has 0 aliphatic carbocycles. The van der Waals surface area contributed by atoms with Gasteiger partial charge in [-0.25, -0.2) is 0 Å². The summed E-state index contributed by atoms with van der Waals surface area (Å²) in [6.07, 6.45) is 0.184. The maximum absolute atomic E-state index is 12.7. The number of nitrogens with zero attached hydrogens (tertiary/aromatic N) is 1. The van der Waals surface area contributed by atoms with Crippen LogP contribution in [0, 0.1) is 12.8 Å². The lowest BCUT2D eigenvalue weighted by Crippen LogP contribution is -2.28. The summed E-state index contributed by atoms with van der Waals surface area (Å²) < 4.78 is 11.9. The van der Waals surface area contributed by atoms with Crippen molar-refractivity contribution in [3.63, 3.8) is 0 Å². The summed E-state index contributed by atoms with van der Waals surface area (Å²) in [6.45, 7) is 3.33. The summed E-state index contributed by atoms with van der Waals surface area (Å²) in [6, 6.07) is 11.1. The van der Waals surface area contributed by atoms with E-state index in [-0.39, 0.29) is 18.2 Å². The van der Waals surface area contributed by atoms with Gasteiger partial charge in [-0.05, 0) is 52.7 Å². The molecule has 2 aliphatic rings. The fraction of sp³-hybridized carbons (Fsp3) is 0.300. The van der Waals surface area contributed by atoms with Crippen LogP contribution in [0.5, 0.6) is 11.5 Å². The van der Waals surface area contributed by atoms with Crippen molar-refractivity contribution in [1.82, 2.24) is 0 Å². The molecule has 27 heavy (non-hydrogen) atoms. The highest BCUT2D eigenvalue weighted by molar-refractivity contribution is 9.10. The van der Waals surface area contributed by atoms with Gasteiger partial charge in [0.2, 0.25) is 11.8 Å². The van der Waals surface area contributed by atoms with E-state index in [0.717, 1.165) is 15.7 Å². The van der Waals surface area contributed by atoms with Crippen LogP contribution in [0.25, 0.3) is 0 Å². The van der Waals surface area contributed by atoms with E-state index in [1.165, 1.54) is 0 Å². The summed E-state index contributed by atoms with van der Waals surface area (Å²) in [5.41, 5.74) is 2.52. The van der Waals surface area contributed by atoms with Crippen LogP contribution in [-0.2, 0) is 9.59 Å². The van der Waals surface area contributed by atoms with E-state index in [9.17, 15) is 9.59 Å². The molecule has 1 fully saturated rings. The van der Waals surface area contributed by atoms with Gasteiger partial charge in [0.1, 0.15) is 13.2 Å². The first kappa shape index (κ1) is 17.9. The van der Waals surface area contributed by atoms with E-state index < -0.39 is 5.92 Å². The van der Waals surface area contributed by atoms with Crippen molar-refractivity contribution in [2.45, 2.75) is 13.3 Å². The average Bonchev–Trinajstić information content (AvgIpc) is 3.05. The molecular weight excluding hydrogens is 412 g/mol. The molecule has 6 nitrogen and oxygen atoms in total. The fourth-order valence-electron chi connectivity index (χ4n) is 3.29. The number of fused-ring (bicyclic) bond motifs is 1. The molecule has 0 radical (unpaired) electrons. The van der Waals surface area contributed by atoms with E-state index in [2.05, 4.69) is 21.2 Å². The quantitative estimate of drug-likeness (QED) is 0.808. The number of carbonyl (C=O) groups excluding carboxylic acids is 2. The lowest BCUT2D eigenvalue weighted by Gasteiger charge is -2.22. The lowest BCUT2D eigenvalue weighted by molar-refractivity contribution is -0.122. The number of amides is 2. The number of benzene rings is 2. The standard InChI is InChI=1S/C20H19BrN2O4/c1-12-2-4-16(15(21)8-12)22-20(25)13-9-19(24)23(11-13)14-3-5-17-18(10-14)27-7-6-26-17/h2-5,8,10,13H,6-7,9,11H2,1H3,(H,22,25)/t13-/m1/s1. The molecule has 1 saturated heterocycles. The van der Waals surface area contributed by atoms with Gasteiger partial charge < -0.3 is 19.7 Å². The molecule has 1 N–H and O–H groups in total. The molecule has 0 aromatic heterocycles. The zero-order chi connectivity index (χ0) is 19.0. The molecule has 2 aromatic rings. The van der Waals surface area contributed by atoms with Crippen molar-refractivity contribution in [3.8, 4) is 11.5 Å². The number of hydrogen-bond donors (Lipinski definition) is 1. The van der Waals surface area contributed by atoms with Crippen LogP contribution in [0.4, 0.5) is 11.4 Å². The number of rotatable bonds is 3. The van der Waals surface area contributed by atoms with Gasteiger partial charge in [0.05, 0.1) is 11.6 Å². The van der Waals surface area contributed by atoms with E-state index >= 15 is 0 Å². The Morgan fingerprint density at radius 2 is 1.93 bits per heavy atom. The highest BCUT2D eigenvalue weighted by atomic mass is 79.9. The van der Waals surface area contributed by atoms with Crippen molar-refractivity contribution >= 4 is 39.1 Å². The van der Waals surface area contributed by atoms with E-state index in [1.54, 1.807) is 17.0 Å². The number of ether oxygens (including phenoxy) is 2. The van der Waals surface area contributed by atoms with E-state index in [0.29, 0.717) is 36.9 Å². The minimum atomic E-state index is -0.404. The summed E-state index contributed by atoms with van der Waals surface area (Å²) in [5.74, 6) is 0.667. The Hall–Kier alpha value is -2.54. The monoisotopic (exact) mass is 430 g/mol. The van der Waals surface area contributed by atoms with Crippen LogP contribution in [0.15, 0.2) is 40.9 Å². The second-order valence-electron chi connectivity index (χ2n) is 6.71. The normalized spacial score (nSPS) is 18.5. The van der Waals surface area contributed by atoms with Crippen LogP contribution in [0.1, 0.15) is 12.0 Å². The highest BCUT2D eigenvalue weighted by Crippen LogP contribution is 2.36. The Kier molecular flexibility index (Phi) is 4.78. The minimum absolute atomic E-state index is 0.0743. The number of halogens is 1. The molecule has 7 heteroatoms. The van der Waals surface area contributed by atoms with Crippen molar-refractivity contribution < 1.29 is 19.1 Å². The molecule has 2 heterocycles. The number of anilines is 2. The second-order valence-corrected chi connectivity index (χ2v) is 7.56. The predicted molar refractivity (Wildman–Crippen MR) is 105 cm³/mol. The Morgan fingerprint density at radius 3 is 2.70 bits per heavy atom. The first-order valence-corrected chi connectivity index (χ1v) is 9.57. The smallest absolute Gasteiger partial charge is 0.229 e. The predicted octanol–water partition coefficient (Wildman–Crippen LogP) is 3.52. The van der Waals surface area contributed by atoms with Crippen molar-refractivity contribution in [2.24, 2.45) is 5.92 Å². The molecule has 0 spiro atoms. The van der Waals surface area contributed by atoms with Gasteiger partial charge in [0.25, 0.3) is 0 Å². The van der Waals surface area contributed by atoms with Crippen molar-refractivity contribution in [1.29, 1.82) is 0 Å². The average molecular weight is 431 g/mol. The Labute approximate surface area is 165 Å². The molecule has 0 saturated carbocycles. The summed E-state index contributed by atoms with van der Waals surface area (Å²) in [4.78, 5) is 26.8. The van der Waals surface area contributed by atoms with Crippen LogP contribution < -0.4 is 19.7 Å². The SMILES string of the molecule is Cc1ccc(NC(=O)[C@@H]2CC(=O)N(c3ccc4c(c3)OCCO4)C2)c(Br)c1. The van der Waals surface area contributed by atoms with Crippen LogP contribution in [0.2, 0.25) is 0 Å². The molecular formula is C20H19BrN2O4. The van der Waals surface area contributed by atoms with E-state index in [4.69, 9.17) is 9.47 Å². The second kappa shape index (κ2) is 7.23. The minimum Gasteiger partial charge on any atom is -0.486 e. The molecule has 4 rings (SSSR count). The maximum Gasteiger partial charge on any atom is 0.229 e. The molecule has 2 aromatic carbocycles.